The molecule has 0 saturated carbocycles. The lowest BCUT2D eigenvalue weighted by Gasteiger charge is -2.29. The maximum Gasteiger partial charge on any atom is 0.123 e. The van der Waals surface area contributed by atoms with E-state index in [-0.39, 0.29) is 5.82 Å². The van der Waals surface area contributed by atoms with Crippen LogP contribution in [-0.2, 0) is 0 Å². The largest absolute Gasteiger partial charge is 0.306 e. The van der Waals surface area contributed by atoms with Crippen LogP contribution in [0.2, 0.25) is 0 Å². The van der Waals surface area contributed by atoms with Crippen LogP contribution in [-0.4, -0.2) is 25.0 Å². The fourth-order valence-electron chi connectivity index (χ4n) is 2.17. The van der Waals surface area contributed by atoms with Gasteiger partial charge in [0.25, 0.3) is 0 Å². The first-order valence-corrected chi connectivity index (χ1v) is 6.20. The Balaban J connectivity index is 0.000000606. The van der Waals surface area contributed by atoms with Crippen LogP contribution in [0.3, 0.4) is 0 Å². The summed E-state index contributed by atoms with van der Waals surface area (Å²) in [6, 6.07) is 6.95. The van der Waals surface area contributed by atoms with Gasteiger partial charge in [0.2, 0.25) is 0 Å². The Morgan fingerprint density at radius 3 is 2.38 bits per heavy atom. The van der Waals surface area contributed by atoms with Crippen molar-refractivity contribution < 1.29 is 4.39 Å². The van der Waals surface area contributed by atoms with E-state index in [0.29, 0.717) is 5.92 Å². The minimum atomic E-state index is -0.141. The van der Waals surface area contributed by atoms with Gasteiger partial charge in [-0.25, -0.2) is 4.39 Å². The molecule has 1 aromatic rings. The van der Waals surface area contributed by atoms with Crippen molar-refractivity contribution in [3.8, 4) is 0 Å². The standard InChI is InChI=1S/C12H16FN.C2H6/c1-14-8-2-3-11(9-14)10-4-6-12(13)7-5-10;1-2/h4-7,11H,2-3,8-9H2,1H3;1-2H3. The molecule has 1 unspecified atom stereocenters. The fraction of sp³-hybridized carbons (Fsp3) is 0.571. The topological polar surface area (TPSA) is 3.24 Å². The molecule has 0 aromatic heterocycles. The molecule has 1 atom stereocenters. The Morgan fingerprint density at radius 1 is 1.19 bits per heavy atom. The highest BCUT2D eigenvalue weighted by Gasteiger charge is 2.18. The highest BCUT2D eigenvalue weighted by atomic mass is 19.1. The first kappa shape index (κ1) is 13.2. The van der Waals surface area contributed by atoms with Gasteiger partial charge in [-0.15, -0.1) is 0 Å². The molecule has 0 aliphatic carbocycles. The lowest BCUT2D eigenvalue weighted by molar-refractivity contribution is 0.251. The van der Waals surface area contributed by atoms with Gasteiger partial charge in [-0.2, -0.15) is 0 Å². The summed E-state index contributed by atoms with van der Waals surface area (Å²) in [6.45, 7) is 6.29. The minimum Gasteiger partial charge on any atom is -0.306 e. The van der Waals surface area contributed by atoms with Crippen LogP contribution in [0.1, 0.15) is 38.2 Å². The van der Waals surface area contributed by atoms with E-state index in [2.05, 4.69) is 11.9 Å². The zero-order valence-electron chi connectivity index (χ0n) is 10.5. The first-order chi connectivity index (χ1) is 7.75. The summed E-state index contributed by atoms with van der Waals surface area (Å²) < 4.78 is 12.7. The monoisotopic (exact) mass is 223 g/mol. The number of likely N-dealkylation sites (N-methyl/N-ethyl adjacent to an activating group) is 1. The number of hydrogen-bond acceptors (Lipinski definition) is 1. The third-order valence-corrected chi connectivity index (χ3v) is 2.97. The molecular weight excluding hydrogens is 201 g/mol. The molecule has 0 N–H and O–H groups in total. The number of likely N-dealkylation sites (tertiary alicyclic amines) is 1. The Bertz CT molecular complexity index is 294. The van der Waals surface area contributed by atoms with Gasteiger partial charge in [-0.3, -0.25) is 0 Å². The number of hydrogen-bond donors (Lipinski definition) is 0. The van der Waals surface area contributed by atoms with Crippen LogP contribution in [0.5, 0.6) is 0 Å². The van der Waals surface area contributed by atoms with E-state index < -0.39 is 0 Å². The maximum atomic E-state index is 12.7. The van der Waals surface area contributed by atoms with E-state index in [1.165, 1.54) is 24.9 Å². The van der Waals surface area contributed by atoms with Crippen molar-refractivity contribution in [1.82, 2.24) is 4.90 Å². The van der Waals surface area contributed by atoms with E-state index in [0.717, 1.165) is 6.54 Å². The van der Waals surface area contributed by atoms with Gasteiger partial charge in [-0.05, 0) is 50.0 Å². The summed E-state index contributed by atoms with van der Waals surface area (Å²) in [7, 11) is 2.15. The molecule has 0 radical (unpaired) electrons. The van der Waals surface area contributed by atoms with Crippen molar-refractivity contribution in [3.05, 3.63) is 35.6 Å². The zero-order chi connectivity index (χ0) is 12.0. The molecule has 1 fully saturated rings. The van der Waals surface area contributed by atoms with Crippen molar-refractivity contribution in [3.63, 3.8) is 0 Å². The second kappa shape index (κ2) is 6.64. The van der Waals surface area contributed by atoms with E-state index >= 15 is 0 Å². The first-order valence-electron chi connectivity index (χ1n) is 6.20. The van der Waals surface area contributed by atoms with Gasteiger partial charge < -0.3 is 4.90 Å². The average Bonchev–Trinajstić information content (AvgIpc) is 2.32. The van der Waals surface area contributed by atoms with Gasteiger partial charge in [0.05, 0.1) is 0 Å². The summed E-state index contributed by atoms with van der Waals surface area (Å²) in [5, 5.41) is 0. The van der Waals surface area contributed by atoms with Crippen LogP contribution in [0, 0.1) is 5.82 Å². The van der Waals surface area contributed by atoms with Gasteiger partial charge in [0, 0.05) is 6.54 Å². The molecule has 1 nitrogen and oxygen atoms in total. The van der Waals surface area contributed by atoms with Crippen molar-refractivity contribution in [2.75, 3.05) is 20.1 Å². The number of halogens is 1. The lowest BCUT2D eigenvalue weighted by Crippen LogP contribution is -2.30. The predicted molar refractivity (Wildman–Crippen MR) is 67.2 cm³/mol. The van der Waals surface area contributed by atoms with Crippen molar-refractivity contribution in [2.24, 2.45) is 0 Å². The van der Waals surface area contributed by atoms with Gasteiger partial charge in [-0.1, -0.05) is 26.0 Å². The van der Waals surface area contributed by atoms with Crippen LogP contribution in [0.15, 0.2) is 24.3 Å². The van der Waals surface area contributed by atoms with Gasteiger partial charge in [0.1, 0.15) is 5.82 Å². The summed E-state index contributed by atoms with van der Waals surface area (Å²) in [6.07, 6.45) is 2.48. The fourth-order valence-corrected chi connectivity index (χ4v) is 2.17. The molecule has 90 valence electrons. The third kappa shape index (κ3) is 3.60. The molecule has 1 heterocycles. The summed E-state index contributed by atoms with van der Waals surface area (Å²) in [5.41, 5.74) is 1.28. The maximum absolute atomic E-state index is 12.7. The van der Waals surface area contributed by atoms with Crippen molar-refractivity contribution in [2.45, 2.75) is 32.6 Å². The van der Waals surface area contributed by atoms with E-state index in [1.54, 1.807) is 12.1 Å². The van der Waals surface area contributed by atoms with Crippen LogP contribution < -0.4 is 0 Å². The summed E-state index contributed by atoms with van der Waals surface area (Å²) >= 11 is 0. The van der Waals surface area contributed by atoms with E-state index in [1.807, 2.05) is 26.0 Å². The second-order valence-corrected chi connectivity index (χ2v) is 4.15. The highest BCUT2D eigenvalue weighted by molar-refractivity contribution is 5.21. The van der Waals surface area contributed by atoms with Crippen molar-refractivity contribution >= 4 is 0 Å². The van der Waals surface area contributed by atoms with Crippen LogP contribution >= 0.6 is 0 Å². The highest BCUT2D eigenvalue weighted by Crippen LogP contribution is 2.25. The second-order valence-electron chi connectivity index (χ2n) is 4.15. The molecule has 16 heavy (non-hydrogen) atoms. The molecule has 0 spiro atoms. The lowest BCUT2D eigenvalue weighted by atomic mass is 9.91. The molecular formula is C14H22FN. The smallest absolute Gasteiger partial charge is 0.123 e. The molecule has 1 aliphatic rings. The summed E-state index contributed by atoms with van der Waals surface area (Å²) in [5.74, 6) is 0.451. The molecule has 1 aliphatic heterocycles. The van der Waals surface area contributed by atoms with Crippen LogP contribution in [0.25, 0.3) is 0 Å². The Kier molecular flexibility index (Phi) is 5.47. The number of nitrogens with zero attached hydrogens (tertiary/aromatic N) is 1. The molecule has 1 aromatic carbocycles. The zero-order valence-corrected chi connectivity index (χ0v) is 10.5. The number of benzene rings is 1. The van der Waals surface area contributed by atoms with Gasteiger partial charge >= 0.3 is 0 Å². The number of rotatable bonds is 1. The van der Waals surface area contributed by atoms with E-state index in [4.69, 9.17) is 0 Å². The Morgan fingerprint density at radius 2 is 1.81 bits per heavy atom. The van der Waals surface area contributed by atoms with Crippen molar-refractivity contribution in [1.29, 1.82) is 0 Å². The molecule has 0 amide bonds. The third-order valence-electron chi connectivity index (χ3n) is 2.97. The molecule has 1 saturated heterocycles. The average molecular weight is 223 g/mol. The minimum absolute atomic E-state index is 0.141. The quantitative estimate of drug-likeness (QED) is 0.702. The number of piperidine rings is 1. The molecule has 2 rings (SSSR count). The molecule has 0 bridgehead atoms. The van der Waals surface area contributed by atoms with E-state index in [9.17, 15) is 4.39 Å². The summed E-state index contributed by atoms with van der Waals surface area (Å²) in [4.78, 5) is 2.34. The Labute approximate surface area is 98.3 Å². The normalized spacial score (nSPS) is 21.1. The molecule has 2 heteroatoms. The van der Waals surface area contributed by atoms with Gasteiger partial charge in [0.15, 0.2) is 0 Å². The predicted octanol–water partition coefficient (Wildman–Crippen LogP) is 3.66. The Hall–Kier alpha value is -0.890. The SMILES string of the molecule is CC.CN1CCCC(c2ccc(F)cc2)C1. The van der Waals surface area contributed by atoms with Crippen LogP contribution in [0.4, 0.5) is 4.39 Å².